The van der Waals surface area contributed by atoms with Gasteiger partial charge >= 0.3 is 0 Å². The highest BCUT2D eigenvalue weighted by Crippen LogP contribution is 2.32. The molecule has 0 amide bonds. The number of halogens is 1. The van der Waals surface area contributed by atoms with E-state index in [4.69, 9.17) is 4.74 Å². The van der Waals surface area contributed by atoms with Gasteiger partial charge in [0.05, 0.1) is 12.2 Å². The Labute approximate surface area is 131 Å². The molecule has 1 aromatic carbocycles. The summed E-state index contributed by atoms with van der Waals surface area (Å²) in [5.41, 5.74) is 1.26. The smallest absolute Gasteiger partial charge is 0.0952 e. The molecule has 112 valence electrons. The predicted molar refractivity (Wildman–Crippen MR) is 87.9 cm³/mol. The summed E-state index contributed by atoms with van der Waals surface area (Å²) in [7, 11) is 1.99. The summed E-state index contributed by atoms with van der Waals surface area (Å²) in [5, 5.41) is 3.26. The van der Waals surface area contributed by atoms with Crippen molar-refractivity contribution in [3.05, 3.63) is 34.3 Å². The molecule has 1 aromatic rings. The number of hydrogen-bond acceptors (Lipinski definition) is 2. The van der Waals surface area contributed by atoms with Crippen LogP contribution in [0.2, 0.25) is 0 Å². The lowest BCUT2D eigenvalue weighted by atomic mass is 9.85. The zero-order chi connectivity index (χ0) is 14.4. The lowest BCUT2D eigenvalue weighted by Gasteiger charge is -2.32. The minimum absolute atomic E-state index is 0.161. The molecule has 3 atom stereocenters. The molecule has 0 saturated heterocycles. The average Bonchev–Trinajstić information content (AvgIpc) is 2.48. The Kier molecular flexibility index (Phi) is 6.53. The molecule has 0 aliphatic heterocycles. The largest absolute Gasteiger partial charge is 0.369 e. The summed E-state index contributed by atoms with van der Waals surface area (Å²) in [6.07, 6.45) is 7.01. The van der Waals surface area contributed by atoms with Gasteiger partial charge in [0.2, 0.25) is 0 Å². The lowest BCUT2D eigenvalue weighted by Crippen LogP contribution is -2.28. The lowest BCUT2D eigenvalue weighted by molar-refractivity contribution is -0.0408. The maximum atomic E-state index is 6.41. The number of ether oxygens (including phenoxy) is 1. The first kappa shape index (κ1) is 16.0. The highest BCUT2D eigenvalue weighted by atomic mass is 79.9. The van der Waals surface area contributed by atoms with Gasteiger partial charge in [0.25, 0.3) is 0 Å². The van der Waals surface area contributed by atoms with Crippen molar-refractivity contribution in [2.24, 2.45) is 5.92 Å². The van der Waals surface area contributed by atoms with E-state index in [0.717, 1.165) is 16.9 Å². The summed E-state index contributed by atoms with van der Waals surface area (Å²) in [4.78, 5) is 0. The van der Waals surface area contributed by atoms with Crippen molar-refractivity contribution in [3.8, 4) is 0 Å². The molecule has 1 aliphatic carbocycles. The van der Waals surface area contributed by atoms with Gasteiger partial charge in [-0.3, -0.25) is 0 Å². The molecule has 0 aromatic heterocycles. The van der Waals surface area contributed by atoms with Crippen LogP contribution in [-0.2, 0) is 4.74 Å². The fraction of sp³-hybridized carbons (Fsp3) is 0.647. The van der Waals surface area contributed by atoms with Crippen molar-refractivity contribution < 1.29 is 4.74 Å². The van der Waals surface area contributed by atoms with Gasteiger partial charge in [-0.1, -0.05) is 54.2 Å². The summed E-state index contributed by atoms with van der Waals surface area (Å²) in [6.45, 7) is 3.17. The van der Waals surface area contributed by atoms with E-state index in [1.807, 2.05) is 7.05 Å². The zero-order valence-corrected chi connectivity index (χ0v) is 14.2. The average molecular weight is 340 g/mol. The van der Waals surface area contributed by atoms with E-state index in [1.54, 1.807) is 0 Å². The van der Waals surface area contributed by atoms with Crippen LogP contribution in [0.4, 0.5) is 0 Å². The molecule has 0 spiro atoms. The van der Waals surface area contributed by atoms with Crippen LogP contribution >= 0.6 is 15.9 Å². The summed E-state index contributed by atoms with van der Waals surface area (Å²) >= 11 is 3.49. The van der Waals surface area contributed by atoms with E-state index >= 15 is 0 Å². The van der Waals surface area contributed by atoms with Crippen molar-refractivity contribution in [1.82, 2.24) is 5.32 Å². The van der Waals surface area contributed by atoms with Crippen LogP contribution in [0.1, 0.15) is 50.7 Å². The van der Waals surface area contributed by atoms with Crippen LogP contribution in [-0.4, -0.2) is 19.7 Å². The van der Waals surface area contributed by atoms with Gasteiger partial charge in [-0.15, -0.1) is 0 Å². The molecule has 1 N–H and O–H groups in total. The monoisotopic (exact) mass is 339 g/mol. The van der Waals surface area contributed by atoms with Crippen LogP contribution < -0.4 is 5.32 Å². The van der Waals surface area contributed by atoms with Gasteiger partial charge in [-0.05, 0) is 43.5 Å². The Bertz CT molecular complexity index is 392. The standard InChI is InChI=1S/C17H26BrNO/c1-3-13-5-4-6-16(11-13)20-17(12-19-2)14-7-9-15(18)10-8-14/h7-10,13,16-17,19H,3-6,11-12H2,1-2H3. The van der Waals surface area contributed by atoms with Gasteiger partial charge in [0.15, 0.2) is 0 Å². The Morgan fingerprint density at radius 1 is 1.30 bits per heavy atom. The van der Waals surface area contributed by atoms with Crippen LogP contribution in [0.25, 0.3) is 0 Å². The van der Waals surface area contributed by atoms with Gasteiger partial charge in [-0.2, -0.15) is 0 Å². The molecule has 0 bridgehead atoms. The first-order valence-corrected chi connectivity index (χ1v) is 8.57. The summed E-state index contributed by atoms with van der Waals surface area (Å²) < 4.78 is 7.53. The van der Waals surface area contributed by atoms with Crippen molar-refractivity contribution in [2.75, 3.05) is 13.6 Å². The summed E-state index contributed by atoms with van der Waals surface area (Å²) in [6, 6.07) is 8.51. The number of benzene rings is 1. The van der Waals surface area contributed by atoms with Crippen LogP contribution in [0.3, 0.4) is 0 Å². The Balaban J connectivity index is 1.99. The second kappa shape index (κ2) is 8.16. The van der Waals surface area contributed by atoms with E-state index in [9.17, 15) is 0 Å². The molecule has 1 aliphatic rings. The molecule has 0 heterocycles. The summed E-state index contributed by atoms with van der Waals surface area (Å²) in [5.74, 6) is 0.855. The topological polar surface area (TPSA) is 21.3 Å². The first-order valence-electron chi connectivity index (χ1n) is 7.78. The fourth-order valence-corrected chi connectivity index (χ4v) is 3.34. The molecule has 2 rings (SSSR count). The third kappa shape index (κ3) is 4.57. The minimum atomic E-state index is 0.161. The van der Waals surface area contributed by atoms with E-state index in [2.05, 4.69) is 52.4 Å². The maximum Gasteiger partial charge on any atom is 0.0952 e. The maximum absolute atomic E-state index is 6.41. The second-order valence-electron chi connectivity index (χ2n) is 5.80. The SMILES string of the molecule is CCC1CCCC(OC(CNC)c2ccc(Br)cc2)C1. The number of rotatable bonds is 6. The van der Waals surface area contributed by atoms with Crippen LogP contribution in [0.15, 0.2) is 28.7 Å². The van der Waals surface area contributed by atoms with E-state index in [-0.39, 0.29) is 6.10 Å². The third-order valence-electron chi connectivity index (χ3n) is 4.30. The Morgan fingerprint density at radius 3 is 2.70 bits per heavy atom. The van der Waals surface area contributed by atoms with Crippen molar-refractivity contribution in [2.45, 2.75) is 51.2 Å². The molecular weight excluding hydrogens is 314 g/mol. The van der Waals surface area contributed by atoms with E-state index in [1.165, 1.54) is 37.7 Å². The predicted octanol–water partition coefficient (Wildman–Crippen LogP) is 4.70. The fourth-order valence-electron chi connectivity index (χ4n) is 3.08. The first-order chi connectivity index (χ1) is 9.72. The molecule has 20 heavy (non-hydrogen) atoms. The van der Waals surface area contributed by atoms with Gasteiger partial charge < -0.3 is 10.1 Å². The van der Waals surface area contributed by atoms with Crippen LogP contribution in [0.5, 0.6) is 0 Å². The third-order valence-corrected chi connectivity index (χ3v) is 4.83. The van der Waals surface area contributed by atoms with Gasteiger partial charge in [0, 0.05) is 11.0 Å². The number of hydrogen-bond donors (Lipinski definition) is 1. The molecule has 0 radical (unpaired) electrons. The molecule has 1 fully saturated rings. The molecular formula is C17H26BrNO. The van der Waals surface area contributed by atoms with Crippen molar-refractivity contribution in [1.29, 1.82) is 0 Å². The molecule has 2 nitrogen and oxygen atoms in total. The molecule has 3 heteroatoms. The van der Waals surface area contributed by atoms with Crippen molar-refractivity contribution in [3.63, 3.8) is 0 Å². The van der Waals surface area contributed by atoms with Crippen LogP contribution in [0, 0.1) is 5.92 Å². The minimum Gasteiger partial charge on any atom is -0.369 e. The zero-order valence-electron chi connectivity index (χ0n) is 12.6. The van der Waals surface area contributed by atoms with Gasteiger partial charge in [0.1, 0.15) is 0 Å². The molecule has 1 saturated carbocycles. The Hall–Kier alpha value is -0.380. The highest BCUT2D eigenvalue weighted by Gasteiger charge is 2.24. The van der Waals surface area contributed by atoms with E-state index < -0.39 is 0 Å². The normalized spacial score (nSPS) is 24.6. The highest BCUT2D eigenvalue weighted by molar-refractivity contribution is 9.10. The Morgan fingerprint density at radius 2 is 2.05 bits per heavy atom. The molecule has 3 unspecified atom stereocenters. The second-order valence-corrected chi connectivity index (χ2v) is 6.71. The number of nitrogens with one attached hydrogen (secondary N) is 1. The van der Waals surface area contributed by atoms with Crippen molar-refractivity contribution >= 4 is 15.9 Å². The van der Waals surface area contributed by atoms with Gasteiger partial charge in [-0.25, -0.2) is 0 Å². The number of likely N-dealkylation sites (N-methyl/N-ethyl adjacent to an activating group) is 1. The van der Waals surface area contributed by atoms with E-state index in [0.29, 0.717) is 6.10 Å². The quantitative estimate of drug-likeness (QED) is 0.811.